The van der Waals surface area contributed by atoms with Crippen molar-refractivity contribution in [3.8, 4) is 0 Å². The van der Waals surface area contributed by atoms with Crippen molar-refractivity contribution in [3.63, 3.8) is 0 Å². The molecule has 0 spiro atoms. The lowest BCUT2D eigenvalue weighted by molar-refractivity contribution is -0.0155. The molecule has 1 aromatic carbocycles. The lowest BCUT2D eigenvalue weighted by atomic mass is 10.2. The molecule has 2 bridgehead atoms. The SMILES string of the molecule is N=C(/N=C(\c1ccc[nH]1)N1C[C@H]2CC[C@H](C1)O2)c1ccc(NC(=S)Nc2ccncc2)cc1. The van der Waals surface area contributed by atoms with Crippen molar-refractivity contribution in [3.05, 3.63) is 78.4 Å². The molecular formula is C24H25N7OS. The summed E-state index contributed by atoms with van der Waals surface area (Å²) in [6, 6.07) is 15.2. The molecule has 0 amide bonds. The number of nitrogens with zero attached hydrogens (tertiary/aromatic N) is 3. The van der Waals surface area contributed by atoms with Gasteiger partial charge in [-0.2, -0.15) is 0 Å². The molecule has 4 N–H and O–H groups in total. The number of H-pyrrole nitrogens is 1. The molecule has 0 saturated carbocycles. The first-order valence-corrected chi connectivity index (χ1v) is 11.3. The third-order valence-corrected chi connectivity index (χ3v) is 5.96. The number of anilines is 2. The second-order valence-electron chi connectivity index (χ2n) is 8.12. The zero-order valence-electron chi connectivity index (χ0n) is 18.0. The van der Waals surface area contributed by atoms with E-state index in [0.29, 0.717) is 5.11 Å². The number of hydrogen-bond acceptors (Lipinski definition) is 4. The molecule has 2 saturated heterocycles. The number of aliphatic imine (C=N–C) groups is 1. The van der Waals surface area contributed by atoms with Gasteiger partial charge in [0.1, 0.15) is 0 Å². The number of aromatic amines is 1. The number of amidine groups is 2. The smallest absolute Gasteiger partial charge is 0.175 e. The molecule has 0 unspecified atom stereocenters. The minimum Gasteiger partial charge on any atom is -0.371 e. The van der Waals surface area contributed by atoms with Crippen molar-refractivity contribution in [2.24, 2.45) is 4.99 Å². The Hall–Kier alpha value is -3.56. The van der Waals surface area contributed by atoms with Crippen LogP contribution in [-0.2, 0) is 4.74 Å². The average Bonchev–Trinajstić information content (AvgIpc) is 3.48. The fourth-order valence-electron chi connectivity index (χ4n) is 4.17. The first-order valence-electron chi connectivity index (χ1n) is 10.9. The summed E-state index contributed by atoms with van der Waals surface area (Å²) in [5, 5.41) is 15.4. The normalized spacial score (nSPS) is 19.9. The van der Waals surface area contributed by atoms with Crippen molar-refractivity contribution in [2.45, 2.75) is 25.0 Å². The summed E-state index contributed by atoms with van der Waals surface area (Å²) >= 11 is 5.38. The van der Waals surface area contributed by atoms with Crippen molar-refractivity contribution >= 4 is 40.4 Å². The van der Waals surface area contributed by atoms with Crippen LogP contribution < -0.4 is 10.6 Å². The van der Waals surface area contributed by atoms with Gasteiger partial charge in [0.05, 0.1) is 17.9 Å². The standard InChI is InChI=1S/C24H25N7OS/c25-22(16-3-5-17(6-4-16)28-24(33)29-18-9-12-26-13-10-18)30-23(21-2-1-11-27-21)31-14-19-7-8-20(15-31)32-19/h1-6,9-13,19-20,25,27H,7-8,14-15H2,(H2,26,28,29,33)/b25-22?,30-23+/t19-,20-/m1/s1. The number of hydrogen-bond donors (Lipinski definition) is 4. The predicted molar refractivity (Wildman–Crippen MR) is 134 cm³/mol. The third kappa shape index (κ3) is 5.10. The molecule has 33 heavy (non-hydrogen) atoms. The van der Waals surface area contributed by atoms with E-state index in [0.717, 1.165) is 54.4 Å². The Morgan fingerprint density at radius 1 is 1.03 bits per heavy atom. The van der Waals surface area contributed by atoms with Gasteiger partial charge in [0.15, 0.2) is 16.8 Å². The van der Waals surface area contributed by atoms with E-state index in [9.17, 15) is 0 Å². The van der Waals surface area contributed by atoms with Gasteiger partial charge >= 0.3 is 0 Å². The average molecular weight is 460 g/mol. The summed E-state index contributed by atoms with van der Waals surface area (Å²) in [5.74, 6) is 0.998. The number of aromatic nitrogens is 2. The highest BCUT2D eigenvalue weighted by Gasteiger charge is 2.35. The number of nitrogens with one attached hydrogen (secondary N) is 4. The second kappa shape index (κ2) is 9.51. The fourth-order valence-corrected chi connectivity index (χ4v) is 4.40. The minimum atomic E-state index is 0.211. The maximum atomic E-state index is 8.63. The van der Waals surface area contributed by atoms with Crippen LogP contribution in [0.4, 0.5) is 11.4 Å². The molecular weight excluding hydrogens is 434 g/mol. The molecule has 2 atom stereocenters. The Labute approximate surface area is 197 Å². The van der Waals surface area contributed by atoms with E-state index < -0.39 is 0 Å². The highest BCUT2D eigenvalue weighted by atomic mass is 32.1. The molecule has 3 aromatic rings. The van der Waals surface area contributed by atoms with Crippen LogP contribution in [0, 0.1) is 5.41 Å². The van der Waals surface area contributed by atoms with Gasteiger partial charge in [-0.25, -0.2) is 4.99 Å². The largest absolute Gasteiger partial charge is 0.371 e. The number of morpholine rings is 1. The Bertz CT molecular complexity index is 1130. The number of ether oxygens (including phenoxy) is 1. The van der Waals surface area contributed by atoms with Crippen molar-refractivity contribution in [2.75, 3.05) is 23.7 Å². The van der Waals surface area contributed by atoms with Crippen LogP contribution in [-0.4, -0.2) is 56.9 Å². The summed E-state index contributed by atoms with van der Waals surface area (Å²) in [4.78, 5) is 14.2. The molecule has 0 radical (unpaired) electrons. The van der Waals surface area contributed by atoms with Crippen LogP contribution in [0.2, 0.25) is 0 Å². The lowest BCUT2D eigenvalue weighted by Crippen LogP contribution is -2.46. The van der Waals surface area contributed by atoms with Gasteiger partial charge in [-0.15, -0.1) is 0 Å². The Morgan fingerprint density at radius 3 is 2.33 bits per heavy atom. The molecule has 2 aliphatic heterocycles. The molecule has 8 nitrogen and oxygen atoms in total. The maximum absolute atomic E-state index is 8.63. The van der Waals surface area contributed by atoms with E-state index in [2.05, 4.69) is 25.5 Å². The lowest BCUT2D eigenvalue weighted by Gasteiger charge is -2.34. The maximum Gasteiger partial charge on any atom is 0.175 e. The van der Waals surface area contributed by atoms with Gasteiger partial charge in [0.25, 0.3) is 0 Å². The Morgan fingerprint density at radius 2 is 1.70 bits per heavy atom. The first kappa shape index (κ1) is 21.3. The zero-order chi connectivity index (χ0) is 22.6. The fraction of sp³-hybridized carbons (Fsp3) is 0.250. The van der Waals surface area contributed by atoms with E-state index in [-0.39, 0.29) is 18.0 Å². The molecule has 4 heterocycles. The number of pyridine rings is 1. The molecule has 9 heteroatoms. The van der Waals surface area contributed by atoms with Gasteiger partial charge in [-0.1, -0.05) is 0 Å². The van der Waals surface area contributed by atoms with Crippen molar-refractivity contribution in [1.29, 1.82) is 5.41 Å². The van der Waals surface area contributed by atoms with Gasteiger partial charge in [0, 0.05) is 48.6 Å². The van der Waals surface area contributed by atoms with Crippen LogP contribution in [0.15, 0.2) is 72.1 Å². The number of likely N-dealkylation sites (tertiary alicyclic amines) is 1. The van der Waals surface area contributed by atoms with Crippen LogP contribution in [0.3, 0.4) is 0 Å². The first-order chi connectivity index (χ1) is 16.1. The van der Waals surface area contributed by atoms with Crippen molar-refractivity contribution in [1.82, 2.24) is 14.9 Å². The highest BCUT2D eigenvalue weighted by molar-refractivity contribution is 7.80. The van der Waals surface area contributed by atoms with Gasteiger partial charge in [0.2, 0.25) is 0 Å². The van der Waals surface area contributed by atoms with E-state index >= 15 is 0 Å². The van der Waals surface area contributed by atoms with E-state index in [1.165, 1.54) is 0 Å². The zero-order valence-corrected chi connectivity index (χ0v) is 18.8. The molecule has 5 rings (SSSR count). The summed E-state index contributed by atoms with van der Waals surface area (Å²) in [7, 11) is 0. The summed E-state index contributed by atoms with van der Waals surface area (Å²) in [6.45, 7) is 1.60. The van der Waals surface area contributed by atoms with Crippen LogP contribution in [0.25, 0.3) is 0 Å². The quantitative estimate of drug-likeness (QED) is 0.269. The topological polar surface area (TPSA) is 101 Å². The third-order valence-electron chi connectivity index (χ3n) is 5.75. The minimum absolute atomic E-state index is 0.211. The van der Waals surface area contributed by atoms with Gasteiger partial charge < -0.3 is 25.3 Å². The molecule has 2 aliphatic rings. The van der Waals surface area contributed by atoms with E-state index in [4.69, 9.17) is 27.4 Å². The molecule has 168 valence electrons. The summed E-state index contributed by atoms with van der Waals surface area (Å²) in [6.07, 6.45) is 7.95. The summed E-state index contributed by atoms with van der Waals surface area (Å²) < 4.78 is 5.98. The van der Waals surface area contributed by atoms with Crippen molar-refractivity contribution < 1.29 is 4.74 Å². The molecule has 0 aliphatic carbocycles. The van der Waals surface area contributed by atoms with Crippen LogP contribution >= 0.6 is 12.2 Å². The van der Waals surface area contributed by atoms with E-state index in [1.807, 2.05) is 54.7 Å². The van der Waals surface area contributed by atoms with Gasteiger partial charge in [-0.05, 0) is 73.6 Å². The number of fused-ring (bicyclic) bond motifs is 2. The highest BCUT2D eigenvalue weighted by Crippen LogP contribution is 2.27. The second-order valence-corrected chi connectivity index (χ2v) is 8.53. The Kier molecular flexibility index (Phi) is 6.14. The predicted octanol–water partition coefficient (Wildman–Crippen LogP) is 3.85. The van der Waals surface area contributed by atoms with Gasteiger partial charge in [-0.3, -0.25) is 10.4 Å². The van der Waals surface area contributed by atoms with Crippen LogP contribution in [0.1, 0.15) is 24.1 Å². The Balaban J connectivity index is 1.29. The number of rotatable bonds is 4. The van der Waals surface area contributed by atoms with Crippen LogP contribution in [0.5, 0.6) is 0 Å². The molecule has 2 aromatic heterocycles. The van der Waals surface area contributed by atoms with E-state index in [1.54, 1.807) is 12.4 Å². The number of benzene rings is 1. The molecule has 2 fully saturated rings. The summed E-state index contributed by atoms with van der Waals surface area (Å²) in [5.41, 5.74) is 3.33. The monoisotopic (exact) mass is 459 g/mol. The number of thiocarbonyl (C=S) groups is 1.